The Balaban J connectivity index is 1.38. The molecule has 6 heteroatoms. The van der Waals surface area contributed by atoms with E-state index in [4.69, 9.17) is 0 Å². The molecule has 2 atom stereocenters. The number of rotatable bonds is 4. The molecule has 0 spiro atoms. The van der Waals surface area contributed by atoms with Crippen LogP contribution in [0, 0.1) is 0 Å². The summed E-state index contributed by atoms with van der Waals surface area (Å²) in [6.07, 6.45) is 6.71. The van der Waals surface area contributed by atoms with Gasteiger partial charge in [0.05, 0.1) is 4.87 Å². The lowest BCUT2D eigenvalue weighted by Gasteiger charge is -2.29. The Morgan fingerprint density at radius 2 is 2.00 bits per heavy atom. The van der Waals surface area contributed by atoms with Gasteiger partial charge in [-0.3, -0.25) is 9.59 Å². The molecule has 4 rings (SSSR count). The first-order valence-corrected chi connectivity index (χ1v) is 11.0. The van der Waals surface area contributed by atoms with Crippen molar-refractivity contribution in [2.24, 2.45) is 0 Å². The van der Waals surface area contributed by atoms with E-state index >= 15 is 0 Å². The molecule has 3 aliphatic rings. The predicted molar refractivity (Wildman–Crippen MR) is 104 cm³/mol. The fourth-order valence-corrected chi connectivity index (χ4v) is 6.73. The second kappa shape index (κ2) is 6.88. The van der Waals surface area contributed by atoms with Gasteiger partial charge in [0.1, 0.15) is 6.04 Å². The molecule has 1 aromatic carbocycles. The van der Waals surface area contributed by atoms with Crippen LogP contribution in [0.25, 0.3) is 0 Å². The number of hydrogen-bond acceptors (Lipinski definition) is 4. The maximum atomic E-state index is 12.7. The standard InChI is InChI=1S/C19H24N2O2S2/c1-19-11-10-17(22)21(19)16(12-24-19)18(23)20-13-6-8-15(9-7-13)25-14-4-2-3-5-14/h6-9,14,16H,2-5,10-12H2,1H3,(H,20,23). The quantitative estimate of drug-likeness (QED) is 0.859. The van der Waals surface area contributed by atoms with Crippen molar-refractivity contribution in [1.82, 2.24) is 4.90 Å². The third-order valence-electron chi connectivity index (χ3n) is 5.47. The molecule has 1 N–H and O–H groups in total. The minimum atomic E-state index is -0.349. The Hall–Kier alpha value is -1.14. The minimum Gasteiger partial charge on any atom is -0.324 e. The summed E-state index contributed by atoms with van der Waals surface area (Å²) in [5, 5.41) is 3.74. The zero-order valence-electron chi connectivity index (χ0n) is 14.5. The van der Waals surface area contributed by atoms with Crippen LogP contribution in [-0.4, -0.2) is 38.6 Å². The number of hydrogen-bond donors (Lipinski definition) is 1. The summed E-state index contributed by atoms with van der Waals surface area (Å²) in [6.45, 7) is 2.07. The molecule has 2 heterocycles. The van der Waals surface area contributed by atoms with Gasteiger partial charge >= 0.3 is 0 Å². The Labute approximate surface area is 157 Å². The smallest absolute Gasteiger partial charge is 0.248 e. The number of fused-ring (bicyclic) bond motifs is 1. The van der Waals surface area contributed by atoms with E-state index in [-0.39, 0.29) is 22.7 Å². The van der Waals surface area contributed by atoms with Crippen LogP contribution < -0.4 is 5.32 Å². The number of nitrogens with zero attached hydrogens (tertiary/aromatic N) is 1. The number of benzene rings is 1. The molecule has 2 saturated heterocycles. The van der Waals surface area contributed by atoms with E-state index in [9.17, 15) is 9.59 Å². The molecule has 2 aliphatic heterocycles. The second-order valence-electron chi connectivity index (χ2n) is 7.30. The van der Waals surface area contributed by atoms with E-state index in [0.717, 1.165) is 17.4 Å². The molecule has 4 nitrogen and oxygen atoms in total. The molecule has 1 aliphatic carbocycles. The van der Waals surface area contributed by atoms with E-state index in [1.54, 1.807) is 16.7 Å². The summed E-state index contributed by atoms with van der Waals surface area (Å²) in [5.41, 5.74) is 0.811. The van der Waals surface area contributed by atoms with Crippen LogP contribution in [0.2, 0.25) is 0 Å². The zero-order valence-corrected chi connectivity index (χ0v) is 16.1. The van der Waals surface area contributed by atoms with Crippen molar-refractivity contribution < 1.29 is 9.59 Å². The van der Waals surface area contributed by atoms with Gasteiger partial charge in [0.15, 0.2) is 0 Å². The average molecular weight is 377 g/mol. The van der Waals surface area contributed by atoms with Gasteiger partial charge < -0.3 is 10.2 Å². The van der Waals surface area contributed by atoms with E-state index in [1.807, 2.05) is 23.9 Å². The van der Waals surface area contributed by atoms with Crippen LogP contribution in [0.5, 0.6) is 0 Å². The van der Waals surface area contributed by atoms with Crippen molar-refractivity contribution in [2.75, 3.05) is 11.1 Å². The number of anilines is 1. The minimum absolute atomic E-state index is 0.0670. The van der Waals surface area contributed by atoms with Gasteiger partial charge in [-0.2, -0.15) is 0 Å². The van der Waals surface area contributed by atoms with Crippen molar-refractivity contribution in [3.8, 4) is 0 Å². The number of amides is 2. The first-order valence-electron chi connectivity index (χ1n) is 9.09. The molecule has 134 valence electrons. The number of carbonyl (C=O) groups excluding carboxylic acids is 2. The first kappa shape index (κ1) is 17.3. The molecular formula is C19H24N2O2S2. The van der Waals surface area contributed by atoms with Gasteiger partial charge in [-0.05, 0) is 50.5 Å². The first-order chi connectivity index (χ1) is 12.0. The van der Waals surface area contributed by atoms with Gasteiger partial charge in [-0.15, -0.1) is 23.5 Å². The maximum Gasteiger partial charge on any atom is 0.248 e. The Morgan fingerprint density at radius 1 is 1.28 bits per heavy atom. The molecule has 1 aromatic rings. The van der Waals surface area contributed by atoms with Crippen LogP contribution in [-0.2, 0) is 9.59 Å². The Kier molecular flexibility index (Phi) is 4.75. The van der Waals surface area contributed by atoms with Crippen molar-refractivity contribution in [2.45, 2.75) is 66.5 Å². The summed E-state index contributed by atoms with van der Waals surface area (Å²) in [4.78, 5) is 27.7. The van der Waals surface area contributed by atoms with Crippen molar-refractivity contribution in [3.05, 3.63) is 24.3 Å². The molecule has 3 fully saturated rings. The third-order valence-corrected chi connectivity index (χ3v) is 8.33. The zero-order chi connectivity index (χ0) is 17.4. The highest BCUT2D eigenvalue weighted by Gasteiger charge is 2.52. The summed E-state index contributed by atoms with van der Waals surface area (Å²) in [5.74, 6) is 0.725. The largest absolute Gasteiger partial charge is 0.324 e. The van der Waals surface area contributed by atoms with Crippen molar-refractivity contribution in [1.29, 1.82) is 0 Å². The van der Waals surface area contributed by atoms with Crippen LogP contribution in [0.1, 0.15) is 45.4 Å². The summed E-state index contributed by atoms with van der Waals surface area (Å²) < 4.78 is 0. The highest BCUT2D eigenvalue weighted by atomic mass is 32.2. The highest BCUT2D eigenvalue weighted by molar-refractivity contribution is 8.01. The van der Waals surface area contributed by atoms with Gasteiger partial charge in [0, 0.05) is 28.0 Å². The van der Waals surface area contributed by atoms with Crippen LogP contribution in [0.3, 0.4) is 0 Å². The number of nitrogens with one attached hydrogen (secondary N) is 1. The Morgan fingerprint density at radius 3 is 2.72 bits per heavy atom. The highest BCUT2D eigenvalue weighted by Crippen LogP contribution is 2.47. The molecule has 2 unspecified atom stereocenters. The maximum absolute atomic E-state index is 12.7. The Bertz CT molecular complexity index is 673. The number of thioether (sulfide) groups is 2. The predicted octanol–water partition coefficient (Wildman–Crippen LogP) is 4.11. The van der Waals surface area contributed by atoms with Crippen molar-refractivity contribution in [3.63, 3.8) is 0 Å². The van der Waals surface area contributed by atoms with Crippen LogP contribution in [0.15, 0.2) is 29.2 Å². The summed E-state index contributed by atoms with van der Waals surface area (Å²) >= 11 is 3.67. The fourth-order valence-electron chi connectivity index (χ4n) is 4.06. The van der Waals surface area contributed by atoms with Crippen LogP contribution >= 0.6 is 23.5 Å². The number of carbonyl (C=O) groups is 2. The lowest BCUT2D eigenvalue weighted by Crippen LogP contribution is -2.48. The molecule has 2 amide bonds. The summed E-state index contributed by atoms with van der Waals surface area (Å²) in [7, 11) is 0. The van der Waals surface area contributed by atoms with Crippen LogP contribution in [0.4, 0.5) is 5.69 Å². The van der Waals surface area contributed by atoms with Gasteiger partial charge in [-0.25, -0.2) is 0 Å². The normalized spacial score (nSPS) is 29.2. The van der Waals surface area contributed by atoms with Gasteiger partial charge in [0.2, 0.25) is 11.8 Å². The lowest BCUT2D eigenvalue weighted by molar-refractivity contribution is -0.135. The lowest BCUT2D eigenvalue weighted by atomic mass is 10.2. The van der Waals surface area contributed by atoms with Gasteiger partial charge in [-0.1, -0.05) is 12.8 Å². The molecule has 1 saturated carbocycles. The molecule has 0 aromatic heterocycles. The van der Waals surface area contributed by atoms with Gasteiger partial charge in [0.25, 0.3) is 0 Å². The SMILES string of the molecule is CC12CCC(=O)N1C(C(=O)Nc1ccc(SC3CCCC3)cc1)CS2. The van der Waals surface area contributed by atoms with Crippen molar-refractivity contribution >= 4 is 41.0 Å². The third kappa shape index (κ3) is 3.43. The molecule has 0 bridgehead atoms. The van der Waals surface area contributed by atoms with E-state index < -0.39 is 0 Å². The topological polar surface area (TPSA) is 49.4 Å². The van der Waals surface area contributed by atoms with E-state index in [1.165, 1.54) is 30.6 Å². The molecule has 25 heavy (non-hydrogen) atoms. The van der Waals surface area contributed by atoms with E-state index in [2.05, 4.69) is 24.4 Å². The second-order valence-corrected chi connectivity index (χ2v) is 10.2. The van der Waals surface area contributed by atoms with E-state index in [0.29, 0.717) is 12.2 Å². The molecule has 0 radical (unpaired) electrons. The fraction of sp³-hybridized carbons (Fsp3) is 0.579. The molecular weight excluding hydrogens is 352 g/mol. The summed E-state index contributed by atoms with van der Waals surface area (Å²) in [6, 6.07) is 7.78. The average Bonchev–Trinajstić information content (AvgIpc) is 3.28. The monoisotopic (exact) mass is 376 g/mol.